The Labute approximate surface area is 106 Å². The molecule has 1 saturated heterocycles. The molecule has 0 radical (unpaired) electrons. The van der Waals surface area contributed by atoms with Gasteiger partial charge in [-0.2, -0.15) is 5.26 Å². The number of rotatable bonds is 3. The third-order valence-electron chi connectivity index (χ3n) is 2.78. The summed E-state index contributed by atoms with van der Waals surface area (Å²) in [5.41, 5.74) is -0.0752. The quantitative estimate of drug-likeness (QED) is 0.802. The Hall–Kier alpha value is -1.49. The third kappa shape index (κ3) is 2.85. The highest BCUT2D eigenvalue weighted by Crippen LogP contribution is 2.13. The van der Waals surface area contributed by atoms with Gasteiger partial charge in [0.1, 0.15) is 11.0 Å². The van der Waals surface area contributed by atoms with Crippen LogP contribution in [-0.4, -0.2) is 32.5 Å². The van der Waals surface area contributed by atoms with Crippen LogP contribution in [0, 0.1) is 11.3 Å². The molecule has 1 aliphatic heterocycles. The maximum atomic E-state index is 12.2. The van der Waals surface area contributed by atoms with Crippen LogP contribution >= 0.6 is 0 Å². The highest BCUT2D eigenvalue weighted by molar-refractivity contribution is 7.89. The van der Waals surface area contributed by atoms with Gasteiger partial charge in [0.25, 0.3) is 0 Å². The zero-order valence-corrected chi connectivity index (χ0v) is 10.6. The lowest BCUT2D eigenvalue weighted by Gasteiger charge is -2.23. The molecule has 6 nitrogen and oxygen atoms in total. The van der Waals surface area contributed by atoms with Crippen LogP contribution < -0.4 is 10.0 Å². The van der Waals surface area contributed by atoms with E-state index in [9.17, 15) is 8.42 Å². The number of nitrogens with one attached hydrogen (secondary N) is 2. The lowest BCUT2D eigenvalue weighted by atomic mass is 10.1. The zero-order chi connectivity index (χ0) is 13.0. The molecular formula is C11H14N4O2S. The molecule has 1 atom stereocenters. The SMILES string of the molecule is N#Cc1ncccc1S(=O)(=O)N[C@@H]1CCCNC1. The van der Waals surface area contributed by atoms with E-state index in [1.54, 1.807) is 6.07 Å². The Morgan fingerprint density at radius 3 is 3.06 bits per heavy atom. The average Bonchev–Trinajstić information content (AvgIpc) is 2.39. The monoisotopic (exact) mass is 266 g/mol. The fourth-order valence-corrected chi connectivity index (χ4v) is 3.30. The van der Waals surface area contributed by atoms with Crippen molar-refractivity contribution in [3.8, 4) is 6.07 Å². The van der Waals surface area contributed by atoms with Gasteiger partial charge >= 0.3 is 0 Å². The van der Waals surface area contributed by atoms with Crippen LogP contribution in [-0.2, 0) is 10.0 Å². The second-order valence-corrected chi connectivity index (χ2v) is 5.81. The van der Waals surface area contributed by atoms with Gasteiger partial charge in [0, 0.05) is 18.8 Å². The van der Waals surface area contributed by atoms with E-state index in [0.29, 0.717) is 6.54 Å². The van der Waals surface area contributed by atoms with Crippen molar-refractivity contribution in [3.63, 3.8) is 0 Å². The van der Waals surface area contributed by atoms with Crippen molar-refractivity contribution in [1.82, 2.24) is 15.0 Å². The normalized spacial score (nSPS) is 20.3. The number of sulfonamides is 1. The predicted octanol–water partition coefficient (Wildman–Crippen LogP) is -0.0164. The van der Waals surface area contributed by atoms with E-state index in [1.165, 1.54) is 18.3 Å². The highest BCUT2D eigenvalue weighted by atomic mass is 32.2. The maximum absolute atomic E-state index is 12.2. The summed E-state index contributed by atoms with van der Waals surface area (Å²) in [7, 11) is -3.68. The summed E-state index contributed by atoms with van der Waals surface area (Å²) in [6, 6.07) is 4.57. The molecule has 1 fully saturated rings. The summed E-state index contributed by atoms with van der Waals surface area (Å²) in [6.45, 7) is 1.52. The van der Waals surface area contributed by atoms with Gasteiger partial charge in [0.2, 0.25) is 10.0 Å². The summed E-state index contributed by atoms with van der Waals surface area (Å²) in [5, 5.41) is 12.0. The van der Waals surface area contributed by atoms with E-state index in [0.717, 1.165) is 19.4 Å². The fourth-order valence-electron chi connectivity index (χ4n) is 1.93. The minimum atomic E-state index is -3.68. The Kier molecular flexibility index (Phi) is 3.91. The molecule has 96 valence electrons. The van der Waals surface area contributed by atoms with Crippen LogP contribution in [0.4, 0.5) is 0 Å². The van der Waals surface area contributed by atoms with Gasteiger partial charge in [-0.05, 0) is 31.5 Å². The summed E-state index contributed by atoms with van der Waals surface area (Å²) in [4.78, 5) is 3.70. The molecule has 2 N–H and O–H groups in total. The number of hydrogen-bond donors (Lipinski definition) is 2. The fraction of sp³-hybridized carbons (Fsp3) is 0.455. The van der Waals surface area contributed by atoms with Crippen molar-refractivity contribution < 1.29 is 8.42 Å². The van der Waals surface area contributed by atoms with Crippen LogP contribution in [0.5, 0.6) is 0 Å². The van der Waals surface area contributed by atoms with Crippen LogP contribution in [0.3, 0.4) is 0 Å². The molecule has 0 aromatic carbocycles. The summed E-state index contributed by atoms with van der Waals surface area (Å²) in [5.74, 6) is 0. The Morgan fingerprint density at radius 2 is 2.39 bits per heavy atom. The van der Waals surface area contributed by atoms with Crippen LogP contribution in [0.25, 0.3) is 0 Å². The van der Waals surface area contributed by atoms with E-state index in [-0.39, 0.29) is 16.6 Å². The highest BCUT2D eigenvalue weighted by Gasteiger charge is 2.24. The van der Waals surface area contributed by atoms with Gasteiger partial charge in [-0.15, -0.1) is 0 Å². The van der Waals surface area contributed by atoms with Crippen molar-refractivity contribution in [2.75, 3.05) is 13.1 Å². The van der Waals surface area contributed by atoms with Crippen LogP contribution in [0.15, 0.2) is 23.2 Å². The molecule has 0 aliphatic carbocycles. The van der Waals surface area contributed by atoms with Gasteiger partial charge in [-0.25, -0.2) is 18.1 Å². The number of hydrogen-bond acceptors (Lipinski definition) is 5. The molecule has 2 rings (SSSR count). The van der Waals surface area contributed by atoms with Gasteiger partial charge in [0.15, 0.2) is 5.69 Å². The average molecular weight is 266 g/mol. The summed E-state index contributed by atoms with van der Waals surface area (Å²) in [6.07, 6.45) is 3.14. The van der Waals surface area contributed by atoms with E-state index in [4.69, 9.17) is 5.26 Å². The third-order valence-corrected chi connectivity index (χ3v) is 4.34. The molecule has 1 aromatic heterocycles. The minimum absolute atomic E-state index is 0.0573. The van der Waals surface area contributed by atoms with Crippen molar-refractivity contribution in [1.29, 1.82) is 5.26 Å². The molecule has 0 spiro atoms. The Balaban J connectivity index is 2.22. The molecule has 1 aliphatic rings. The summed E-state index contributed by atoms with van der Waals surface area (Å²) < 4.78 is 26.9. The Bertz CT molecular complexity index is 559. The summed E-state index contributed by atoms with van der Waals surface area (Å²) >= 11 is 0. The predicted molar refractivity (Wildman–Crippen MR) is 65.2 cm³/mol. The van der Waals surface area contributed by atoms with E-state index in [2.05, 4.69) is 15.0 Å². The molecule has 18 heavy (non-hydrogen) atoms. The molecule has 0 saturated carbocycles. The number of aromatic nitrogens is 1. The number of piperidine rings is 1. The van der Waals surface area contributed by atoms with Gasteiger partial charge in [0.05, 0.1) is 0 Å². The van der Waals surface area contributed by atoms with Gasteiger partial charge in [-0.1, -0.05) is 0 Å². The zero-order valence-electron chi connectivity index (χ0n) is 9.76. The lowest BCUT2D eigenvalue weighted by Crippen LogP contribution is -2.45. The van der Waals surface area contributed by atoms with Crippen molar-refractivity contribution in [2.45, 2.75) is 23.8 Å². The molecule has 2 heterocycles. The van der Waals surface area contributed by atoms with Crippen LogP contribution in [0.2, 0.25) is 0 Å². The van der Waals surface area contributed by atoms with E-state index in [1.807, 2.05) is 0 Å². The van der Waals surface area contributed by atoms with Gasteiger partial charge < -0.3 is 5.32 Å². The van der Waals surface area contributed by atoms with Gasteiger partial charge in [-0.3, -0.25) is 0 Å². The largest absolute Gasteiger partial charge is 0.315 e. The van der Waals surface area contributed by atoms with Crippen molar-refractivity contribution in [3.05, 3.63) is 24.0 Å². The van der Waals surface area contributed by atoms with Crippen LogP contribution in [0.1, 0.15) is 18.5 Å². The first-order chi connectivity index (χ1) is 8.63. The molecule has 0 amide bonds. The first-order valence-electron chi connectivity index (χ1n) is 5.71. The topological polar surface area (TPSA) is 94.9 Å². The second-order valence-electron chi connectivity index (χ2n) is 4.13. The van der Waals surface area contributed by atoms with Crippen molar-refractivity contribution >= 4 is 10.0 Å². The van der Waals surface area contributed by atoms with E-state index < -0.39 is 10.0 Å². The molecule has 7 heteroatoms. The minimum Gasteiger partial charge on any atom is -0.315 e. The smallest absolute Gasteiger partial charge is 0.243 e. The number of pyridine rings is 1. The second kappa shape index (κ2) is 5.44. The van der Waals surface area contributed by atoms with E-state index >= 15 is 0 Å². The number of nitriles is 1. The first-order valence-corrected chi connectivity index (χ1v) is 7.20. The number of nitrogens with zero attached hydrogens (tertiary/aromatic N) is 2. The molecular weight excluding hydrogens is 252 g/mol. The lowest BCUT2D eigenvalue weighted by molar-refractivity contribution is 0.428. The molecule has 0 unspecified atom stereocenters. The van der Waals surface area contributed by atoms with Crippen molar-refractivity contribution in [2.24, 2.45) is 0 Å². The molecule has 0 bridgehead atoms. The Morgan fingerprint density at radius 1 is 1.56 bits per heavy atom. The standard InChI is InChI=1S/C11H14N4O2S/c12-7-10-11(4-2-6-14-10)18(16,17)15-9-3-1-5-13-8-9/h2,4,6,9,13,15H,1,3,5,8H2/t9-/m1/s1. The first kappa shape index (κ1) is 13.0. The maximum Gasteiger partial charge on any atom is 0.243 e. The molecule has 1 aromatic rings.